The molecule has 0 bridgehead atoms. The fraction of sp³-hybridized carbons (Fsp3) is 0.517. The van der Waals surface area contributed by atoms with Crippen molar-refractivity contribution in [1.82, 2.24) is 4.90 Å². The van der Waals surface area contributed by atoms with Gasteiger partial charge in [0, 0.05) is 19.5 Å². The molecular formula is C29H38N2O5S. The van der Waals surface area contributed by atoms with Gasteiger partial charge >= 0.3 is 5.97 Å². The Morgan fingerprint density at radius 3 is 2.30 bits per heavy atom. The highest BCUT2D eigenvalue weighted by Gasteiger charge is 2.30. The van der Waals surface area contributed by atoms with E-state index in [-0.39, 0.29) is 12.3 Å². The number of sulfonamides is 1. The zero-order valence-electron chi connectivity index (χ0n) is 21.6. The third-order valence-corrected chi connectivity index (χ3v) is 9.59. The number of rotatable bonds is 9. The first-order valence-electron chi connectivity index (χ1n) is 13.4. The van der Waals surface area contributed by atoms with Gasteiger partial charge in [-0.3, -0.25) is 14.3 Å². The van der Waals surface area contributed by atoms with Crippen LogP contribution in [0.15, 0.2) is 42.5 Å². The van der Waals surface area contributed by atoms with Crippen LogP contribution in [0, 0.1) is 6.92 Å². The molecule has 2 fully saturated rings. The maximum Gasteiger partial charge on any atom is 0.303 e. The number of aliphatic carboxylic acids is 1. The molecule has 1 aliphatic heterocycles. The molecule has 200 valence electrons. The lowest BCUT2D eigenvalue weighted by Gasteiger charge is -2.33. The van der Waals surface area contributed by atoms with E-state index in [1.54, 1.807) is 12.1 Å². The number of hydrogen-bond acceptors (Lipinski definition) is 4. The molecule has 7 nitrogen and oxygen atoms in total. The maximum atomic E-state index is 13.5. The molecule has 0 aromatic heterocycles. The summed E-state index contributed by atoms with van der Waals surface area (Å²) >= 11 is 0. The highest BCUT2D eigenvalue weighted by atomic mass is 32.2. The van der Waals surface area contributed by atoms with Crippen LogP contribution in [0.4, 0.5) is 5.69 Å². The standard InChI is InChI=1S/C29H38N2O5S/c1-21-10-15-26(27(20-21)30-37(35,36)25-7-3-2-4-8-25)29(34)31-18-16-24(17-19-31)23-13-11-22(12-14-23)6-5-9-28(32)33/h10-15,20,24-25,30H,2-9,16-19H2,1H3,(H,32,33). The number of anilines is 1. The van der Waals surface area contributed by atoms with Crippen molar-refractivity contribution in [3.8, 4) is 0 Å². The van der Waals surface area contributed by atoms with E-state index in [4.69, 9.17) is 5.11 Å². The van der Waals surface area contributed by atoms with Crippen LogP contribution in [-0.2, 0) is 21.2 Å². The SMILES string of the molecule is Cc1ccc(C(=O)N2CCC(c3ccc(CCCC(=O)O)cc3)CC2)c(NS(=O)(=O)C2CCCCC2)c1. The predicted molar refractivity (Wildman–Crippen MR) is 145 cm³/mol. The molecule has 0 unspecified atom stereocenters. The molecule has 2 N–H and O–H groups in total. The van der Waals surface area contributed by atoms with Crippen LogP contribution < -0.4 is 4.72 Å². The summed E-state index contributed by atoms with van der Waals surface area (Å²) in [4.78, 5) is 26.0. The number of amides is 1. The number of aryl methyl sites for hydroxylation is 2. The normalized spacial score (nSPS) is 17.5. The summed E-state index contributed by atoms with van der Waals surface area (Å²) in [6, 6.07) is 13.8. The Hall–Kier alpha value is -2.87. The molecule has 2 aliphatic rings. The quantitative estimate of drug-likeness (QED) is 0.449. The van der Waals surface area contributed by atoms with Gasteiger partial charge < -0.3 is 10.0 Å². The Bertz CT molecular complexity index is 1200. The molecule has 37 heavy (non-hydrogen) atoms. The molecule has 1 amide bonds. The first-order valence-corrected chi connectivity index (χ1v) is 15.0. The number of nitrogens with zero attached hydrogens (tertiary/aromatic N) is 1. The first kappa shape index (κ1) is 27.2. The average molecular weight is 527 g/mol. The maximum absolute atomic E-state index is 13.5. The van der Waals surface area contributed by atoms with Crippen LogP contribution in [-0.4, -0.2) is 48.6 Å². The predicted octanol–water partition coefficient (Wildman–Crippen LogP) is 5.50. The van der Waals surface area contributed by atoms with Gasteiger partial charge in [0.2, 0.25) is 10.0 Å². The third kappa shape index (κ3) is 7.12. The van der Waals surface area contributed by atoms with Crippen LogP contribution in [0.5, 0.6) is 0 Å². The highest BCUT2D eigenvalue weighted by molar-refractivity contribution is 7.93. The Kier molecular flexibility index (Phi) is 8.90. The van der Waals surface area contributed by atoms with Crippen molar-refractivity contribution in [2.75, 3.05) is 17.8 Å². The third-order valence-electron chi connectivity index (χ3n) is 7.74. The molecule has 2 aromatic carbocycles. The van der Waals surface area contributed by atoms with Crippen molar-refractivity contribution in [3.05, 3.63) is 64.7 Å². The summed E-state index contributed by atoms with van der Waals surface area (Å²) in [6.07, 6.45) is 7.52. The summed E-state index contributed by atoms with van der Waals surface area (Å²) in [6.45, 7) is 3.13. The van der Waals surface area contributed by atoms with Gasteiger partial charge in [0.1, 0.15) is 0 Å². The molecule has 0 spiro atoms. The van der Waals surface area contributed by atoms with E-state index < -0.39 is 21.2 Å². The molecule has 1 saturated carbocycles. The minimum absolute atomic E-state index is 0.131. The van der Waals surface area contributed by atoms with Gasteiger partial charge in [-0.05, 0) is 80.2 Å². The second-order valence-electron chi connectivity index (χ2n) is 10.5. The minimum Gasteiger partial charge on any atom is -0.481 e. The highest BCUT2D eigenvalue weighted by Crippen LogP contribution is 2.31. The molecule has 1 saturated heterocycles. The summed E-state index contributed by atoms with van der Waals surface area (Å²) in [5, 5.41) is 8.41. The lowest BCUT2D eigenvalue weighted by molar-refractivity contribution is -0.137. The van der Waals surface area contributed by atoms with E-state index in [2.05, 4.69) is 29.0 Å². The number of benzene rings is 2. The molecule has 1 heterocycles. The number of likely N-dealkylation sites (tertiary alicyclic amines) is 1. The van der Waals surface area contributed by atoms with Gasteiger partial charge in [0.05, 0.1) is 16.5 Å². The fourth-order valence-electron chi connectivity index (χ4n) is 5.53. The van der Waals surface area contributed by atoms with Gasteiger partial charge in [-0.1, -0.05) is 49.6 Å². The average Bonchev–Trinajstić information content (AvgIpc) is 2.89. The zero-order chi connectivity index (χ0) is 26.4. The van der Waals surface area contributed by atoms with Crippen molar-refractivity contribution < 1.29 is 23.1 Å². The van der Waals surface area contributed by atoms with Gasteiger partial charge in [-0.25, -0.2) is 8.42 Å². The Morgan fingerprint density at radius 1 is 0.973 bits per heavy atom. The minimum atomic E-state index is -3.55. The number of carbonyl (C=O) groups excluding carboxylic acids is 1. The summed E-state index contributed by atoms with van der Waals surface area (Å²) in [5.41, 5.74) is 4.08. The smallest absolute Gasteiger partial charge is 0.303 e. The first-order chi connectivity index (χ1) is 17.7. The number of carboxylic acid groups (broad SMARTS) is 1. The Morgan fingerprint density at radius 2 is 1.65 bits per heavy atom. The number of carbonyl (C=O) groups is 2. The molecule has 2 aromatic rings. The Balaban J connectivity index is 1.38. The number of hydrogen-bond donors (Lipinski definition) is 2. The Labute approximate surface area is 220 Å². The largest absolute Gasteiger partial charge is 0.481 e. The van der Waals surface area contributed by atoms with Gasteiger partial charge in [-0.15, -0.1) is 0 Å². The van der Waals surface area contributed by atoms with Crippen molar-refractivity contribution in [2.24, 2.45) is 0 Å². The monoisotopic (exact) mass is 526 g/mol. The lowest BCUT2D eigenvalue weighted by Crippen LogP contribution is -2.38. The summed E-state index contributed by atoms with van der Waals surface area (Å²) < 4.78 is 28.9. The van der Waals surface area contributed by atoms with Crippen LogP contribution in [0.2, 0.25) is 0 Å². The topological polar surface area (TPSA) is 104 Å². The van der Waals surface area contributed by atoms with Gasteiger partial charge in [0.15, 0.2) is 0 Å². The summed E-state index contributed by atoms with van der Waals surface area (Å²) in [7, 11) is -3.55. The van der Waals surface area contributed by atoms with Crippen molar-refractivity contribution in [3.63, 3.8) is 0 Å². The van der Waals surface area contributed by atoms with Crippen molar-refractivity contribution >= 4 is 27.6 Å². The van der Waals surface area contributed by atoms with Crippen molar-refractivity contribution in [1.29, 1.82) is 0 Å². The van der Waals surface area contributed by atoms with E-state index in [0.717, 1.165) is 49.7 Å². The van der Waals surface area contributed by atoms with Crippen LogP contribution >= 0.6 is 0 Å². The van der Waals surface area contributed by atoms with Gasteiger partial charge in [-0.2, -0.15) is 0 Å². The zero-order valence-corrected chi connectivity index (χ0v) is 22.4. The second-order valence-corrected chi connectivity index (χ2v) is 12.5. The molecule has 1 aliphatic carbocycles. The number of piperidine rings is 1. The van der Waals surface area contributed by atoms with E-state index in [9.17, 15) is 18.0 Å². The lowest BCUT2D eigenvalue weighted by atomic mass is 9.88. The van der Waals surface area contributed by atoms with E-state index >= 15 is 0 Å². The van der Waals surface area contributed by atoms with E-state index in [1.807, 2.05) is 17.9 Å². The fourth-order valence-corrected chi connectivity index (χ4v) is 7.12. The van der Waals surface area contributed by atoms with Crippen LogP contribution in [0.1, 0.15) is 90.8 Å². The summed E-state index contributed by atoms with van der Waals surface area (Å²) in [5.74, 6) is -0.537. The molecular weight excluding hydrogens is 488 g/mol. The van der Waals surface area contributed by atoms with Crippen molar-refractivity contribution in [2.45, 2.75) is 82.3 Å². The second kappa shape index (κ2) is 12.1. The molecule has 0 atom stereocenters. The van der Waals surface area contributed by atoms with E-state index in [1.165, 1.54) is 5.56 Å². The van der Waals surface area contributed by atoms with E-state index in [0.29, 0.717) is 49.5 Å². The number of nitrogens with one attached hydrogen (secondary N) is 1. The molecule has 8 heteroatoms. The van der Waals surface area contributed by atoms with Crippen LogP contribution in [0.25, 0.3) is 0 Å². The number of carboxylic acids is 1. The van der Waals surface area contributed by atoms with Crippen LogP contribution in [0.3, 0.4) is 0 Å². The van der Waals surface area contributed by atoms with Gasteiger partial charge in [0.25, 0.3) is 5.91 Å². The molecule has 0 radical (unpaired) electrons. The molecule has 4 rings (SSSR count).